The minimum atomic E-state index is -2.87. The first-order valence-corrected chi connectivity index (χ1v) is 10.8. The lowest BCUT2D eigenvalue weighted by molar-refractivity contribution is -0.116. The van der Waals surface area contributed by atoms with E-state index in [1.54, 1.807) is 0 Å². The van der Waals surface area contributed by atoms with Crippen LogP contribution < -0.4 is 11.1 Å². The van der Waals surface area contributed by atoms with Gasteiger partial charge in [0.2, 0.25) is 5.91 Å². The van der Waals surface area contributed by atoms with Gasteiger partial charge in [-0.2, -0.15) is 5.10 Å². The van der Waals surface area contributed by atoms with Gasteiger partial charge in [-0.05, 0) is 31.7 Å². The second-order valence-electron chi connectivity index (χ2n) is 7.13. The molecule has 8 nitrogen and oxygen atoms in total. The number of halogens is 3. The first-order valence-electron chi connectivity index (χ1n) is 9.60. The van der Waals surface area contributed by atoms with Crippen LogP contribution in [0.2, 0.25) is 5.02 Å². The van der Waals surface area contributed by atoms with Crippen LogP contribution in [0.1, 0.15) is 75.5 Å². The summed E-state index contributed by atoms with van der Waals surface area (Å²) in [6, 6.07) is 0. The molecule has 1 saturated carbocycles. The topological polar surface area (TPSA) is 116 Å². The number of hydrogen-bond acceptors (Lipinski definition) is 6. The summed E-state index contributed by atoms with van der Waals surface area (Å²) in [6.07, 6.45) is -0.729. The fraction of sp³-hybridized carbons (Fsp3) is 0.474. The Balaban J connectivity index is 1.87. The summed E-state index contributed by atoms with van der Waals surface area (Å²) < 4.78 is 32.7. The highest BCUT2D eigenvalue weighted by atomic mass is 35.5. The average molecular weight is 475 g/mol. The summed E-state index contributed by atoms with van der Waals surface area (Å²) in [5, 5.41) is 6.34. The van der Waals surface area contributed by atoms with Crippen molar-refractivity contribution in [3.05, 3.63) is 32.4 Å². The summed E-state index contributed by atoms with van der Waals surface area (Å²) in [5.41, 5.74) is 5.54. The lowest BCUT2D eigenvalue weighted by Gasteiger charge is -2.09. The van der Waals surface area contributed by atoms with Crippen molar-refractivity contribution in [3.8, 4) is 0 Å². The Labute approximate surface area is 185 Å². The van der Waals surface area contributed by atoms with Crippen molar-refractivity contribution in [1.29, 1.82) is 0 Å². The van der Waals surface area contributed by atoms with Gasteiger partial charge in [-0.3, -0.25) is 14.3 Å². The molecule has 3 rings (SSSR count). The number of aromatic nitrogens is 2. The van der Waals surface area contributed by atoms with Crippen molar-refractivity contribution in [2.45, 2.75) is 52.0 Å². The third kappa shape index (κ3) is 4.87. The number of nitrogens with one attached hydrogen (secondary N) is 1. The first-order chi connectivity index (χ1) is 14.6. The summed E-state index contributed by atoms with van der Waals surface area (Å²) in [6.45, 7) is 3.14. The lowest BCUT2D eigenvalue weighted by atomic mass is 10.1. The highest BCUT2D eigenvalue weighted by Gasteiger charge is 2.34. The van der Waals surface area contributed by atoms with Crippen LogP contribution in [-0.2, 0) is 16.1 Å². The average Bonchev–Trinajstić information content (AvgIpc) is 3.39. The molecule has 1 aliphatic rings. The predicted octanol–water partition coefficient (Wildman–Crippen LogP) is 4.03. The van der Waals surface area contributed by atoms with E-state index in [0.29, 0.717) is 17.7 Å². The number of thiophene rings is 1. The second-order valence-corrected chi connectivity index (χ2v) is 8.52. The fourth-order valence-corrected chi connectivity index (χ4v) is 4.57. The predicted molar refractivity (Wildman–Crippen MR) is 111 cm³/mol. The molecule has 0 atom stereocenters. The van der Waals surface area contributed by atoms with Gasteiger partial charge < -0.3 is 15.8 Å². The van der Waals surface area contributed by atoms with Crippen molar-refractivity contribution in [3.63, 3.8) is 0 Å². The summed E-state index contributed by atoms with van der Waals surface area (Å²) >= 11 is 6.92. The Hall–Kier alpha value is -2.53. The molecule has 12 heteroatoms. The van der Waals surface area contributed by atoms with Crippen LogP contribution in [0.25, 0.3) is 0 Å². The van der Waals surface area contributed by atoms with Gasteiger partial charge >= 0.3 is 5.97 Å². The highest BCUT2D eigenvalue weighted by Crippen LogP contribution is 2.45. The Kier molecular flexibility index (Phi) is 6.95. The number of nitrogens with zero attached hydrogens (tertiary/aromatic N) is 2. The van der Waals surface area contributed by atoms with Crippen molar-refractivity contribution in [1.82, 2.24) is 9.78 Å². The number of amides is 2. The van der Waals surface area contributed by atoms with Gasteiger partial charge in [0.05, 0.1) is 27.8 Å². The van der Waals surface area contributed by atoms with E-state index in [-0.39, 0.29) is 39.5 Å². The maximum absolute atomic E-state index is 13.2. The van der Waals surface area contributed by atoms with Crippen LogP contribution in [0, 0.1) is 6.92 Å². The molecule has 0 radical (unpaired) electrons. The van der Waals surface area contributed by atoms with Gasteiger partial charge in [0.25, 0.3) is 12.3 Å². The van der Waals surface area contributed by atoms with Crippen LogP contribution in [0.5, 0.6) is 0 Å². The molecule has 0 aromatic carbocycles. The number of primary amides is 1. The molecule has 2 aromatic heterocycles. The molecular formula is C19H21ClF2N4O4S. The van der Waals surface area contributed by atoms with Gasteiger partial charge in [-0.1, -0.05) is 18.5 Å². The molecule has 0 saturated heterocycles. The van der Waals surface area contributed by atoms with E-state index >= 15 is 0 Å². The normalized spacial score (nSPS) is 13.5. The monoisotopic (exact) mass is 474 g/mol. The Morgan fingerprint density at radius 3 is 2.61 bits per heavy atom. The van der Waals surface area contributed by atoms with Crippen molar-refractivity contribution < 1.29 is 27.9 Å². The quantitative estimate of drug-likeness (QED) is 0.532. The van der Waals surface area contributed by atoms with Gasteiger partial charge in [0.1, 0.15) is 17.2 Å². The first kappa shape index (κ1) is 23.1. The lowest BCUT2D eigenvalue weighted by Crippen LogP contribution is -2.22. The number of esters is 1. The van der Waals surface area contributed by atoms with E-state index in [1.165, 1.54) is 11.6 Å². The number of anilines is 1. The SMILES string of the molecule is CCCOC(=O)c1c(NC(=O)Cn2nc(C(F)F)c(Cl)c2C2CC2)sc(C(N)=O)c1C. The number of carbonyl (C=O) groups excluding carboxylic acids is 3. The summed E-state index contributed by atoms with van der Waals surface area (Å²) in [4.78, 5) is 37.0. The maximum atomic E-state index is 13.2. The molecule has 2 aromatic rings. The van der Waals surface area contributed by atoms with E-state index in [0.717, 1.165) is 24.2 Å². The van der Waals surface area contributed by atoms with Crippen LogP contribution in [0.3, 0.4) is 0 Å². The van der Waals surface area contributed by atoms with Gasteiger partial charge in [0.15, 0.2) is 0 Å². The van der Waals surface area contributed by atoms with Gasteiger partial charge in [0, 0.05) is 5.92 Å². The number of ether oxygens (including phenoxy) is 1. The third-order valence-electron chi connectivity index (χ3n) is 4.69. The zero-order chi connectivity index (χ0) is 22.9. The largest absolute Gasteiger partial charge is 0.462 e. The molecule has 2 amide bonds. The molecule has 0 spiro atoms. The second kappa shape index (κ2) is 9.31. The molecule has 31 heavy (non-hydrogen) atoms. The molecule has 0 bridgehead atoms. The molecular weight excluding hydrogens is 454 g/mol. The fourth-order valence-electron chi connectivity index (χ4n) is 3.13. The molecule has 0 aliphatic heterocycles. The standard InChI is InChI=1S/C19H21ClF2N4O4S/c1-3-6-30-19(29)11-8(2)15(17(23)28)31-18(11)24-10(27)7-26-14(9-4-5-9)12(20)13(25-26)16(21)22/h9,16H,3-7H2,1-2H3,(H2,23,28)(H,24,27). The molecule has 0 unspecified atom stereocenters. The Morgan fingerprint density at radius 1 is 1.39 bits per heavy atom. The molecule has 3 N–H and O–H groups in total. The zero-order valence-electron chi connectivity index (χ0n) is 16.8. The Bertz CT molecular complexity index is 1030. The van der Waals surface area contributed by atoms with Crippen LogP contribution in [-0.4, -0.2) is 34.2 Å². The highest BCUT2D eigenvalue weighted by molar-refractivity contribution is 7.18. The summed E-state index contributed by atoms with van der Waals surface area (Å²) in [7, 11) is 0. The molecule has 2 heterocycles. The third-order valence-corrected chi connectivity index (χ3v) is 6.29. The number of hydrogen-bond donors (Lipinski definition) is 2. The number of nitrogens with two attached hydrogens (primary N) is 1. The van der Waals surface area contributed by atoms with E-state index in [1.807, 2.05) is 6.92 Å². The summed E-state index contributed by atoms with van der Waals surface area (Å²) in [5.74, 6) is -2.09. The maximum Gasteiger partial charge on any atom is 0.341 e. The minimum Gasteiger partial charge on any atom is -0.462 e. The van der Waals surface area contributed by atoms with Gasteiger partial charge in [-0.15, -0.1) is 11.3 Å². The smallest absolute Gasteiger partial charge is 0.341 e. The van der Waals surface area contributed by atoms with E-state index in [9.17, 15) is 23.2 Å². The van der Waals surface area contributed by atoms with Crippen molar-refractivity contribution in [2.24, 2.45) is 5.73 Å². The van der Waals surface area contributed by atoms with Crippen LogP contribution in [0.15, 0.2) is 0 Å². The van der Waals surface area contributed by atoms with Crippen LogP contribution in [0.4, 0.5) is 13.8 Å². The van der Waals surface area contributed by atoms with Crippen LogP contribution >= 0.6 is 22.9 Å². The number of rotatable bonds is 9. The molecule has 1 aliphatic carbocycles. The van der Waals surface area contributed by atoms with Gasteiger partial charge in [-0.25, -0.2) is 13.6 Å². The van der Waals surface area contributed by atoms with Crippen molar-refractivity contribution in [2.75, 3.05) is 11.9 Å². The zero-order valence-corrected chi connectivity index (χ0v) is 18.4. The Morgan fingerprint density at radius 2 is 2.06 bits per heavy atom. The van der Waals surface area contributed by atoms with E-state index in [4.69, 9.17) is 22.1 Å². The number of alkyl halides is 2. The van der Waals surface area contributed by atoms with Crippen molar-refractivity contribution >= 4 is 45.7 Å². The number of carbonyl (C=O) groups is 3. The molecule has 1 fully saturated rings. The molecule has 168 valence electrons. The minimum absolute atomic E-state index is 0.0228. The van der Waals surface area contributed by atoms with E-state index in [2.05, 4.69) is 10.4 Å². The van der Waals surface area contributed by atoms with E-state index < -0.39 is 29.9 Å².